The predicted molar refractivity (Wildman–Crippen MR) is 129 cm³/mol. The number of aromatic nitrogens is 3. The van der Waals surface area contributed by atoms with Crippen LogP contribution >= 0.6 is 39.1 Å². The number of fused-ring (bicyclic) bond motifs is 1. The van der Waals surface area contributed by atoms with Crippen molar-refractivity contribution in [3.63, 3.8) is 0 Å². The zero-order valence-electron chi connectivity index (χ0n) is 17.8. The Kier molecular flexibility index (Phi) is 7.20. The number of halogens is 3. The minimum Gasteiger partial charge on any atom is -0.480 e. The monoisotopic (exact) mass is 588 g/mol. The molecule has 0 fully saturated rings. The van der Waals surface area contributed by atoms with E-state index >= 15 is 0 Å². The summed E-state index contributed by atoms with van der Waals surface area (Å²) < 4.78 is 35.5. The summed E-state index contributed by atoms with van der Waals surface area (Å²) in [5.41, 5.74) is 1.45. The van der Waals surface area contributed by atoms with Crippen LogP contribution in [0.15, 0.2) is 46.0 Å². The van der Waals surface area contributed by atoms with Gasteiger partial charge in [-0.25, -0.2) is 13.4 Å². The van der Waals surface area contributed by atoms with Crippen LogP contribution in [0.5, 0.6) is 11.6 Å². The molecule has 180 valence electrons. The molecule has 2 aromatic heterocycles. The number of carboxylic acids is 1. The Labute approximate surface area is 214 Å². The van der Waals surface area contributed by atoms with E-state index in [9.17, 15) is 13.2 Å². The third kappa shape index (κ3) is 4.94. The number of carbonyl (C=O) groups is 1. The second kappa shape index (κ2) is 9.82. The normalized spacial score (nSPS) is 15.9. The van der Waals surface area contributed by atoms with Gasteiger partial charge in [-0.3, -0.25) is 9.48 Å². The first-order chi connectivity index (χ1) is 16.1. The number of ether oxygens (including phenoxy) is 1. The minimum atomic E-state index is -3.94. The van der Waals surface area contributed by atoms with Crippen molar-refractivity contribution in [3.05, 3.63) is 62.4 Å². The summed E-state index contributed by atoms with van der Waals surface area (Å²) in [6.45, 7) is -0.270. The van der Waals surface area contributed by atoms with Crippen molar-refractivity contribution in [3.8, 4) is 11.6 Å². The van der Waals surface area contributed by atoms with E-state index in [-0.39, 0.29) is 23.1 Å². The first kappa shape index (κ1) is 24.9. The summed E-state index contributed by atoms with van der Waals surface area (Å²) in [4.78, 5) is 15.2. The van der Waals surface area contributed by atoms with Gasteiger partial charge in [-0.05, 0) is 53.4 Å². The highest BCUT2D eigenvalue weighted by Gasteiger charge is 2.34. The molecule has 0 amide bonds. The van der Waals surface area contributed by atoms with Gasteiger partial charge >= 0.3 is 5.97 Å². The molecular formula is C21H19BrCl2N4O5S. The number of nitrogens with zero attached hydrogens (tertiary/aromatic N) is 4. The van der Waals surface area contributed by atoms with Gasteiger partial charge in [0.1, 0.15) is 17.2 Å². The number of hydrogen-bond acceptors (Lipinski definition) is 6. The van der Waals surface area contributed by atoms with Gasteiger partial charge < -0.3 is 9.84 Å². The van der Waals surface area contributed by atoms with Crippen molar-refractivity contribution in [2.75, 3.05) is 7.05 Å². The van der Waals surface area contributed by atoms with Gasteiger partial charge in [0.05, 0.1) is 27.9 Å². The van der Waals surface area contributed by atoms with Crippen LogP contribution in [0.3, 0.4) is 0 Å². The maximum atomic E-state index is 13.4. The summed E-state index contributed by atoms with van der Waals surface area (Å²) in [6.07, 6.45) is 4.69. The van der Waals surface area contributed by atoms with Crippen molar-refractivity contribution in [1.29, 1.82) is 0 Å². The maximum Gasteiger partial charge on any atom is 0.325 e. The van der Waals surface area contributed by atoms with Crippen molar-refractivity contribution in [2.24, 2.45) is 0 Å². The average Bonchev–Trinajstić information content (AvgIpc) is 3.19. The summed E-state index contributed by atoms with van der Waals surface area (Å²) in [6, 6.07) is 5.66. The van der Waals surface area contributed by atoms with E-state index in [1.54, 1.807) is 18.3 Å². The van der Waals surface area contributed by atoms with Gasteiger partial charge in [0.15, 0.2) is 0 Å². The van der Waals surface area contributed by atoms with Crippen molar-refractivity contribution in [2.45, 2.75) is 36.7 Å². The molecule has 0 aliphatic heterocycles. The molecule has 0 spiro atoms. The molecule has 3 aromatic rings. The molecule has 0 radical (unpaired) electrons. The first-order valence-corrected chi connectivity index (χ1v) is 13.1. The number of aliphatic carboxylic acids is 1. The number of benzene rings is 1. The highest BCUT2D eigenvalue weighted by atomic mass is 79.9. The van der Waals surface area contributed by atoms with Crippen molar-refractivity contribution in [1.82, 2.24) is 19.1 Å². The fourth-order valence-corrected chi connectivity index (χ4v) is 6.09. The van der Waals surface area contributed by atoms with E-state index in [1.165, 1.54) is 34.4 Å². The molecule has 1 aliphatic rings. The quantitative estimate of drug-likeness (QED) is 0.416. The molecule has 13 heteroatoms. The van der Waals surface area contributed by atoms with E-state index in [0.29, 0.717) is 39.3 Å². The zero-order chi connectivity index (χ0) is 24.6. The summed E-state index contributed by atoms with van der Waals surface area (Å²) >= 11 is 15.4. The van der Waals surface area contributed by atoms with Gasteiger partial charge in [0.25, 0.3) is 0 Å². The first-order valence-electron chi connectivity index (χ1n) is 10.1. The Hall–Kier alpha value is -2.18. The Morgan fingerprint density at radius 3 is 2.79 bits per heavy atom. The molecule has 9 nitrogen and oxygen atoms in total. The predicted octanol–water partition coefficient (Wildman–Crippen LogP) is 4.92. The highest BCUT2D eigenvalue weighted by Crippen LogP contribution is 2.38. The molecule has 2 heterocycles. The molecular weight excluding hydrogens is 571 g/mol. The molecule has 1 aliphatic carbocycles. The number of sulfonamides is 1. The Morgan fingerprint density at radius 2 is 2.09 bits per heavy atom. The lowest BCUT2D eigenvalue weighted by Crippen LogP contribution is -2.33. The van der Waals surface area contributed by atoms with Crippen LogP contribution in [0.1, 0.15) is 30.1 Å². The molecule has 1 unspecified atom stereocenters. The minimum absolute atomic E-state index is 0.0310. The number of carboxylic acid groups (broad SMARTS) is 1. The Morgan fingerprint density at radius 1 is 1.32 bits per heavy atom. The van der Waals surface area contributed by atoms with Crippen LogP contribution in [-0.2, 0) is 27.8 Å². The van der Waals surface area contributed by atoms with E-state index < -0.39 is 22.0 Å². The molecule has 1 aromatic carbocycles. The zero-order valence-corrected chi connectivity index (χ0v) is 21.7. The molecule has 0 saturated carbocycles. The fourth-order valence-electron chi connectivity index (χ4n) is 3.85. The van der Waals surface area contributed by atoms with Gasteiger partial charge in [-0.2, -0.15) is 9.40 Å². The number of pyridine rings is 1. The lowest BCUT2D eigenvalue weighted by molar-refractivity contribution is -0.137. The van der Waals surface area contributed by atoms with Crippen LogP contribution in [-0.4, -0.2) is 45.6 Å². The van der Waals surface area contributed by atoms with E-state index in [0.717, 1.165) is 5.69 Å². The van der Waals surface area contributed by atoms with Crippen LogP contribution in [0.4, 0.5) is 0 Å². The van der Waals surface area contributed by atoms with Crippen LogP contribution < -0.4 is 4.74 Å². The average molecular weight is 590 g/mol. The maximum absolute atomic E-state index is 13.4. The molecule has 1 atom stereocenters. The molecule has 0 bridgehead atoms. The Bertz CT molecular complexity index is 1370. The van der Waals surface area contributed by atoms with Crippen LogP contribution in [0.25, 0.3) is 0 Å². The molecule has 1 N–H and O–H groups in total. The van der Waals surface area contributed by atoms with Crippen molar-refractivity contribution >= 4 is 55.1 Å². The van der Waals surface area contributed by atoms with Crippen LogP contribution in [0.2, 0.25) is 10.0 Å². The number of hydrogen-bond donors (Lipinski definition) is 1. The third-order valence-corrected chi connectivity index (χ3v) is 8.46. The smallest absolute Gasteiger partial charge is 0.325 e. The highest BCUT2D eigenvalue weighted by molar-refractivity contribution is 9.10. The topological polar surface area (TPSA) is 115 Å². The van der Waals surface area contributed by atoms with Gasteiger partial charge in [0, 0.05) is 29.4 Å². The molecule has 4 rings (SSSR count). The van der Waals surface area contributed by atoms with Gasteiger partial charge in [-0.15, -0.1) is 0 Å². The van der Waals surface area contributed by atoms with Crippen LogP contribution in [0, 0.1) is 0 Å². The Balaban J connectivity index is 1.60. The summed E-state index contributed by atoms with van der Waals surface area (Å²) in [5.74, 6) is -0.602. The number of rotatable bonds is 7. The summed E-state index contributed by atoms with van der Waals surface area (Å²) in [7, 11) is -2.44. The largest absolute Gasteiger partial charge is 0.480 e. The fraction of sp³-hybridized carbons (Fsp3) is 0.286. The van der Waals surface area contributed by atoms with Gasteiger partial charge in [0.2, 0.25) is 15.9 Å². The van der Waals surface area contributed by atoms with E-state index in [2.05, 4.69) is 26.0 Å². The molecule has 34 heavy (non-hydrogen) atoms. The second-order valence-corrected chi connectivity index (χ2v) is 11.4. The summed E-state index contributed by atoms with van der Waals surface area (Å²) in [5, 5.41) is 14.0. The third-order valence-electron chi connectivity index (χ3n) is 5.51. The second-order valence-electron chi connectivity index (χ2n) is 7.66. The lowest BCUT2D eigenvalue weighted by atomic mass is 9.93. The van der Waals surface area contributed by atoms with E-state index in [4.69, 9.17) is 33.0 Å². The van der Waals surface area contributed by atoms with Gasteiger partial charge in [-0.1, -0.05) is 23.2 Å². The van der Waals surface area contributed by atoms with Crippen molar-refractivity contribution < 1.29 is 23.1 Å². The lowest BCUT2D eigenvalue weighted by Gasteiger charge is -2.30. The SMILES string of the molecule is CN(C1CCCc2c1cnn2CC(=O)O)S(=O)(=O)c1cnc(Oc2cc(Cl)ccc2Cl)c(Br)c1. The standard InChI is InChI=1S/C21H19BrCl2N4O5S/c1-27(17-3-2-4-18-14(17)10-26-28(18)11-20(29)30)34(31,32)13-8-15(22)21(25-9-13)33-19-7-12(23)5-6-16(19)24/h5-10,17H,2-4,11H2,1H3,(H,29,30). The molecule has 0 saturated heterocycles. The van der Waals surface area contributed by atoms with E-state index in [1.807, 2.05) is 0 Å².